The van der Waals surface area contributed by atoms with E-state index < -0.39 is 0 Å². The molecular formula is C18H22N4O3. The van der Waals surface area contributed by atoms with E-state index >= 15 is 0 Å². The molecule has 2 aromatic rings. The minimum atomic E-state index is -0.185. The van der Waals surface area contributed by atoms with E-state index in [-0.39, 0.29) is 31.1 Å². The van der Waals surface area contributed by atoms with E-state index in [1.165, 1.54) is 0 Å². The van der Waals surface area contributed by atoms with Gasteiger partial charge in [0.25, 0.3) is 0 Å². The highest BCUT2D eigenvalue weighted by Crippen LogP contribution is 2.20. The van der Waals surface area contributed by atoms with Gasteiger partial charge in [0.2, 0.25) is 11.9 Å². The normalized spacial score (nSPS) is 19.8. The summed E-state index contributed by atoms with van der Waals surface area (Å²) in [5.41, 5.74) is 1.02. The first kappa shape index (κ1) is 17.3. The zero-order valence-corrected chi connectivity index (χ0v) is 13.9. The molecule has 7 heteroatoms. The number of nitrogens with zero attached hydrogens (tertiary/aromatic N) is 3. The van der Waals surface area contributed by atoms with Gasteiger partial charge in [-0.15, -0.1) is 0 Å². The van der Waals surface area contributed by atoms with Crippen LogP contribution in [0.15, 0.2) is 48.8 Å². The molecule has 1 fully saturated rings. The van der Waals surface area contributed by atoms with Gasteiger partial charge in [0.05, 0.1) is 12.6 Å². The van der Waals surface area contributed by atoms with Crippen molar-refractivity contribution in [3.8, 4) is 0 Å². The first-order valence-electron chi connectivity index (χ1n) is 8.30. The van der Waals surface area contributed by atoms with Gasteiger partial charge in [-0.3, -0.25) is 4.79 Å². The molecule has 3 rings (SSSR count). The van der Waals surface area contributed by atoms with Gasteiger partial charge in [-0.25, -0.2) is 9.97 Å². The van der Waals surface area contributed by atoms with Crippen molar-refractivity contribution in [2.45, 2.75) is 12.6 Å². The second-order valence-electron chi connectivity index (χ2n) is 6.05. The summed E-state index contributed by atoms with van der Waals surface area (Å²) in [6.07, 6.45) is 3.36. The van der Waals surface area contributed by atoms with Crippen LogP contribution in [0.5, 0.6) is 0 Å². The van der Waals surface area contributed by atoms with Crippen molar-refractivity contribution in [1.29, 1.82) is 0 Å². The van der Waals surface area contributed by atoms with Crippen molar-refractivity contribution < 1.29 is 14.6 Å². The van der Waals surface area contributed by atoms with Crippen molar-refractivity contribution >= 4 is 11.9 Å². The molecule has 1 aliphatic rings. The molecule has 2 unspecified atom stereocenters. The Morgan fingerprint density at radius 1 is 1.20 bits per heavy atom. The van der Waals surface area contributed by atoms with Crippen LogP contribution in [0, 0.1) is 5.92 Å². The van der Waals surface area contributed by atoms with Crippen LogP contribution in [0.2, 0.25) is 0 Å². The lowest BCUT2D eigenvalue weighted by Crippen LogP contribution is -2.43. The van der Waals surface area contributed by atoms with Gasteiger partial charge in [0, 0.05) is 38.0 Å². The number of carbonyl (C=O) groups excluding carboxylic acids is 1. The van der Waals surface area contributed by atoms with Crippen LogP contribution in [-0.4, -0.2) is 53.3 Å². The predicted octanol–water partition coefficient (Wildman–Crippen LogP) is 0.607. The molecule has 0 radical (unpaired) electrons. The number of benzene rings is 1. The average molecular weight is 342 g/mol. The Hall–Kier alpha value is -2.51. The summed E-state index contributed by atoms with van der Waals surface area (Å²) >= 11 is 0. The third kappa shape index (κ3) is 4.74. The van der Waals surface area contributed by atoms with E-state index in [0.29, 0.717) is 25.6 Å². The summed E-state index contributed by atoms with van der Waals surface area (Å²) in [4.78, 5) is 22.5. The van der Waals surface area contributed by atoms with Crippen LogP contribution in [0.25, 0.3) is 0 Å². The third-order valence-electron chi connectivity index (χ3n) is 4.20. The van der Waals surface area contributed by atoms with Gasteiger partial charge in [0.1, 0.15) is 6.61 Å². The van der Waals surface area contributed by atoms with Gasteiger partial charge < -0.3 is 20.1 Å². The van der Waals surface area contributed by atoms with Gasteiger partial charge in [0.15, 0.2) is 0 Å². The number of aliphatic hydroxyl groups excluding tert-OH is 1. The lowest BCUT2D eigenvalue weighted by molar-refractivity contribution is -0.127. The molecule has 1 aliphatic heterocycles. The molecular weight excluding hydrogens is 320 g/mol. The van der Waals surface area contributed by atoms with Crippen LogP contribution >= 0.6 is 0 Å². The van der Waals surface area contributed by atoms with Crippen LogP contribution in [0.3, 0.4) is 0 Å². The van der Waals surface area contributed by atoms with Crippen molar-refractivity contribution in [1.82, 2.24) is 15.3 Å². The number of ether oxygens (including phenoxy) is 1. The van der Waals surface area contributed by atoms with E-state index in [4.69, 9.17) is 4.74 Å². The summed E-state index contributed by atoms with van der Waals surface area (Å²) in [6, 6.07) is 11.3. The minimum absolute atomic E-state index is 0.000841. The van der Waals surface area contributed by atoms with E-state index in [1.54, 1.807) is 18.5 Å². The fourth-order valence-electron chi connectivity index (χ4n) is 2.92. The summed E-state index contributed by atoms with van der Waals surface area (Å²) in [5.74, 6) is 0.370. The number of hydrogen-bond acceptors (Lipinski definition) is 6. The van der Waals surface area contributed by atoms with Crippen LogP contribution in [-0.2, 0) is 16.1 Å². The Balaban J connectivity index is 1.48. The second-order valence-corrected chi connectivity index (χ2v) is 6.05. The van der Waals surface area contributed by atoms with Gasteiger partial charge in [-0.1, -0.05) is 30.3 Å². The van der Waals surface area contributed by atoms with E-state index in [1.807, 2.05) is 35.2 Å². The van der Waals surface area contributed by atoms with E-state index in [2.05, 4.69) is 15.3 Å². The van der Waals surface area contributed by atoms with Crippen LogP contribution < -0.4 is 10.2 Å². The molecule has 2 heterocycles. The summed E-state index contributed by atoms with van der Waals surface area (Å²) in [7, 11) is 0. The maximum Gasteiger partial charge on any atom is 0.246 e. The molecule has 2 N–H and O–H groups in total. The largest absolute Gasteiger partial charge is 0.396 e. The first-order chi connectivity index (χ1) is 12.3. The summed E-state index contributed by atoms with van der Waals surface area (Å²) in [6.45, 7) is 1.56. The molecule has 1 aromatic heterocycles. The molecule has 0 aliphatic carbocycles. The number of carbonyl (C=O) groups is 1. The van der Waals surface area contributed by atoms with E-state index in [9.17, 15) is 9.90 Å². The fourth-order valence-corrected chi connectivity index (χ4v) is 2.92. The molecule has 2 atom stereocenters. The Bertz CT molecular complexity index is 669. The highest BCUT2D eigenvalue weighted by atomic mass is 16.5. The van der Waals surface area contributed by atoms with Crippen molar-refractivity contribution in [3.63, 3.8) is 0 Å². The van der Waals surface area contributed by atoms with Crippen molar-refractivity contribution in [2.75, 3.05) is 31.2 Å². The number of aliphatic hydroxyl groups is 1. The van der Waals surface area contributed by atoms with Crippen molar-refractivity contribution in [2.24, 2.45) is 5.92 Å². The number of hydrogen-bond donors (Lipinski definition) is 2. The molecule has 1 saturated heterocycles. The third-order valence-corrected chi connectivity index (χ3v) is 4.20. The fraction of sp³-hybridized carbons (Fsp3) is 0.389. The molecule has 25 heavy (non-hydrogen) atoms. The standard InChI is InChI=1S/C18H22N4O3/c23-11-15-9-22(18-19-7-4-8-20-18)10-16(15)21-17(24)13-25-12-14-5-2-1-3-6-14/h1-8,15-16,23H,9-13H2,(H,21,24). The van der Waals surface area contributed by atoms with Crippen molar-refractivity contribution in [3.05, 3.63) is 54.4 Å². The molecule has 1 aromatic carbocycles. The molecule has 7 nitrogen and oxygen atoms in total. The molecule has 0 bridgehead atoms. The topological polar surface area (TPSA) is 87.6 Å². The summed E-state index contributed by atoms with van der Waals surface area (Å²) < 4.78 is 5.46. The highest BCUT2D eigenvalue weighted by molar-refractivity contribution is 5.77. The maximum atomic E-state index is 12.1. The van der Waals surface area contributed by atoms with Gasteiger partial charge >= 0.3 is 0 Å². The minimum Gasteiger partial charge on any atom is -0.396 e. The number of aromatic nitrogens is 2. The Morgan fingerprint density at radius 2 is 1.96 bits per heavy atom. The lowest BCUT2D eigenvalue weighted by Gasteiger charge is -2.18. The maximum absolute atomic E-state index is 12.1. The van der Waals surface area contributed by atoms with Crippen LogP contribution in [0.4, 0.5) is 5.95 Å². The smallest absolute Gasteiger partial charge is 0.246 e. The summed E-state index contributed by atoms with van der Waals surface area (Å²) in [5, 5.41) is 12.5. The van der Waals surface area contributed by atoms with Gasteiger partial charge in [-0.05, 0) is 11.6 Å². The number of anilines is 1. The van der Waals surface area contributed by atoms with E-state index in [0.717, 1.165) is 5.56 Å². The zero-order chi connectivity index (χ0) is 17.5. The Morgan fingerprint density at radius 3 is 2.68 bits per heavy atom. The monoisotopic (exact) mass is 342 g/mol. The molecule has 0 saturated carbocycles. The number of nitrogens with one attached hydrogen (secondary N) is 1. The number of rotatable bonds is 7. The average Bonchev–Trinajstić information content (AvgIpc) is 3.06. The second kappa shape index (κ2) is 8.55. The van der Waals surface area contributed by atoms with Gasteiger partial charge in [-0.2, -0.15) is 0 Å². The highest BCUT2D eigenvalue weighted by Gasteiger charge is 2.34. The Labute approximate surface area is 146 Å². The first-order valence-corrected chi connectivity index (χ1v) is 8.30. The molecule has 0 spiro atoms. The lowest BCUT2D eigenvalue weighted by atomic mass is 10.1. The SMILES string of the molecule is O=C(COCc1ccccc1)NC1CN(c2ncccn2)CC1CO. The predicted molar refractivity (Wildman–Crippen MR) is 92.8 cm³/mol. The quantitative estimate of drug-likeness (QED) is 0.766. The van der Waals surface area contributed by atoms with Crippen LogP contribution in [0.1, 0.15) is 5.56 Å². The number of amides is 1. The molecule has 132 valence electrons. The zero-order valence-electron chi connectivity index (χ0n) is 13.9. The Kier molecular flexibility index (Phi) is 5.92. The molecule has 1 amide bonds.